The third-order valence-electron chi connectivity index (χ3n) is 3.72. The van der Waals surface area contributed by atoms with E-state index in [2.05, 4.69) is 6.92 Å². The Bertz CT molecular complexity index is 342. The molecule has 0 saturated heterocycles. The normalized spacial score (nSPS) is 13.5. The summed E-state index contributed by atoms with van der Waals surface area (Å²) >= 11 is 0. The monoisotopic (exact) mass is 338 g/mol. The average molecular weight is 338 g/mol. The second-order valence-corrected chi connectivity index (χ2v) is 5.61. The second-order valence-electron chi connectivity index (χ2n) is 5.61. The van der Waals surface area contributed by atoms with E-state index in [1.54, 1.807) is 0 Å². The van der Waals surface area contributed by atoms with E-state index in [4.69, 9.17) is 5.11 Å². The number of carboxylic acid groups (broad SMARTS) is 2. The molecular weight excluding hydrogens is 309 g/mol. The first-order chi connectivity index (χ1) is 10.5. The number of hydrogen-bond donors (Lipinski definition) is 2. The van der Waals surface area contributed by atoms with Crippen molar-refractivity contribution in [2.45, 2.75) is 51.9 Å². The number of aliphatic hydroxyl groups is 1. The van der Waals surface area contributed by atoms with Crippen LogP contribution in [0.15, 0.2) is 12.3 Å². The summed E-state index contributed by atoms with van der Waals surface area (Å²) in [7, 11) is 0. The van der Waals surface area contributed by atoms with Crippen LogP contribution in [0.1, 0.15) is 51.9 Å². The molecule has 0 rings (SSSR count). The molecule has 1 atom stereocenters. The van der Waals surface area contributed by atoms with Gasteiger partial charge in [0.05, 0.1) is 32.3 Å². The standard InChI is InChI=1S/C16H29NO5.Na/c1-2-3-4-5-6-7-10-17(13-14-18,11-8-15(19)20)12-9-16(21)22;/h7,10,18H,2-6,8-9,11-14H2,1H3,(H-,19,20,21,22);/q;+1/b10-7+;. The van der Waals surface area contributed by atoms with Crippen LogP contribution >= 0.6 is 0 Å². The van der Waals surface area contributed by atoms with Crippen LogP contribution in [0.4, 0.5) is 0 Å². The van der Waals surface area contributed by atoms with Crippen molar-refractivity contribution >= 4 is 11.9 Å². The smallest absolute Gasteiger partial charge is 0.550 e. The van der Waals surface area contributed by atoms with E-state index in [1.807, 2.05) is 12.3 Å². The van der Waals surface area contributed by atoms with Gasteiger partial charge in [-0.15, -0.1) is 0 Å². The number of hydrogen-bond acceptors (Lipinski definition) is 4. The molecule has 2 N–H and O–H groups in total. The minimum absolute atomic E-state index is 0. The minimum atomic E-state index is -1.16. The number of aliphatic hydroxyl groups excluding tert-OH is 1. The number of carbonyl (C=O) groups excluding carboxylic acids is 1. The van der Waals surface area contributed by atoms with Crippen molar-refractivity contribution in [2.24, 2.45) is 0 Å². The molecule has 0 saturated carbocycles. The molecule has 0 radical (unpaired) electrons. The van der Waals surface area contributed by atoms with Crippen molar-refractivity contribution in [1.82, 2.24) is 0 Å². The Morgan fingerprint density at radius 1 is 1.09 bits per heavy atom. The average Bonchev–Trinajstić information content (AvgIpc) is 2.46. The number of carboxylic acids is 2. The molecular formula is C16H29NNaO5+. The number of rotatable bonds is 14. The molecule has 7 heteroatoms. The van der Waals surface area contributed by atoms with Crippen molar-refractivity contribution in [3.63, 3.8) is 0 Å². The van der Waals surface area contributed by atoms with Gasteiger partial charge in [0, 0.05) is 12.4 Å². The van der Waals surface area contributed by atoms with E-state index in [0.29, 0.717) is 6.54 Å². The Kier molecular flexibility index (Phi) is 16.4. The first kappa shape index (κ1) is 24.8. The molecule has 0 fully saturated rings. The van der Waals surface area contributed by atoms with Crippen LogP contribution < -0.4 is 34.7 Å². The fourth-order valence-corrected chi connectivity index (χ4v) is 2.38. The van der Waals surface area contributed by atoms with Gasteiger partial charge in [-0.3, -0.25) is 9.28 Å². The molecule has 0 aromatic rings. The Morgan fingerprint density at radius 3 is 2.26 bits per heavy atom. The molecule has 0 aliphatic rings. The van der Waals surface area contributed by atoms with Crippen molar-refractivity contribution < 1.29 is 58.9 Å². The molecule has 0 aromatic carbocycles. The summed E-state index contributed by atoms with van der Waals surface area (Å²) in [5.41, 5.74) is 0. The molecule has 0 aromatic heterocycles. The summed E-state index contributed by atoms with van der Waals surface area (Å²) in [5, 5.41) is 28.8. The first-order valence-corrected chi connectivity index (χ1v) is 8.01. The Morgan fingerprint density at radius 2 is 1.74 bits per heavy atom. The van der Waals surface area contributed by atoms with E-state index in [1.165, 1.54) is 12.8 Å². The van der Waals surface area contributed by atoms with Crippen LogP contribution in [-0.2, 0) is 9.59 Å². The molecule has 0 heterocycles. The first-order valence-electron chi connectivity index (χ1n) is 8.01. The van der Waals surface area contributed by atoms with Crippen molar-refractivity contribution in [3.8, 4) is 0 Å². The molecule has 0 bridgehead atoms. The maximum atomic E-state index is 10.8. The molecule has 23 heavy (non-hydrogen) atoms. The maximum absolute atomic E-state index is 10.8. The topological polar surface area (TPSA) is 97.7 Å². The van der Waals surface area contributed by atoms with Gasteiger partial charge in [0.1, 0.15) is 6.54 Å². The van der Waals surface area contributed by atoms with E-state index in [0.717, 1.165) is 19.3 Å². The number of quaternary nitrogens is 1. The predicted molar refractivity (Wildman–Crippen MR) is 81.7 cm³/mol. The van der Waals surface area contributed by atoms with Gasteiger partial charge >= 0.3 is 35.5 Å². The summed E-state index contributed by atoms with van der Waals surface area (Å²) in [6.07, 6.45) is 9.05. The zero-order valence-corrected chi connectivity index (χ0v) is 16.5. The molecule has 0 spiro atoms. The van der Waals surface area contributed by atoms with Crippen LogP contribution in [0, 0.1) is 0 Å². The Hall–Kier alpha value is -0.400. The van der Waals surface area contributed by atoms with Gasteiger partial charge in [0.15, 0.2) is 0 Å². The molecule has 1 unspecified atom stereocenters. The molecule has 6 nitrogen and oxygen atoms in total. The number of nitrogens with zero attached hydrogens (tertiary/aromatic N) is 1. The summed E-state index contributed by atoms with van der Waals surface area (Å²) in [5.74, 6) is -2.09. The van der Waals surface area contributed by atoms with Gasteiger partial charge in [-0.25, -0.2) is 0 Å². The van der Waals surface area contributed by atoms with Gasteiger partial charge in [0.25, 0.3) is 0 Å². The fourth-order valence-electron chi connectivity index (χ4n) is 2.38. The second kappa shape index (κ2) is 15.1. The van der Waals surface area contributed by atoms with E-state index >= 15 is 0 Å². The van der Waals surface area contributed by atoms with Gasteiger partial charge in [-0.1, -0.05) is 26.2 Å². The van der Waals surface area contributed by atoms with E-state index in [9.17, 15) is 19.8 Å². The van der Waals surface area contributed by atoms with Gasteiger partial charge < -0.3 is 20.1 Å². The quantitative estimate of drug-likeness (QED) is 0.215. The maximum Gasteiger partial charge on any atom is 1.00 e. The van der Waals surface area contributed by atoms with Crippen LogP contribution in [0.5, 0.6) is 0 Å². The number of carbonyl (C=O) groups is 2. The zero-order valence-electron chi connectivity index (χ0n) is 14.5. The van der Waals surface area contributed by atoms with E-state index in [-0.39, 0.29) is 66.6 Å². The SMILES string of the molecule is CCCCCC/C=C/[N+](CCO)(CCC(=O)[O-])CCC(=O)O.[Na+]. The molecule has 0 aliphatic carbocycles. The van der Waals surface area contributed by atoms with E-state index < -0.39 is 11.9 Å². The van der Waals surface area contributed by atoms with Crippen molar-refractivity contribution in [1.29, 1.82) is 0 Å². The fraction of sp³-hybridized carbons (Fsp3) is 0.750. The third kappa shape index (κ3) is 13.7. The predicted octanol–water partition coefficient (Wildman–Crippen LogP) is -2.10. The van der Waals surface area contributed by atoms with Gasteiger partial charge in [-0.05, 0) is 18.9 Å². The Labute approximate surface area is 161 Å². The molecule has 0 aliphatic heterocycles. The summed E-state index contributed by atoms with van der Waals surface area (Å²) in [6, 6.07) is 0. The molecule has 0 amide bonds. The zero-order chi connectivity index (χ0) is 16.8. The van der Waals surface area contributed by atoms with Gasteiger partial charge in [0.2, 0.25) is 0 Å². The van der Waals surface area contributed by atoms with Crippen LogP contribution in [0.3, 0.4) is 0 Å². The van der Waals surface area contributed by atoms with Gasteiger partial charge in [-0.2, -0.15) is 0 Å². The van der Waals surface area contributed by atoms with Crippen molar-refractivity contribution in [2.75, 3.05) is 26.2 Å². The largest absolute Gasteiger partial charge is 1.00 e. The van der Waals surface area contributed by atoms with Crippen LogP contribution in [0.2, 0.25) is 0 Å². The van der Waals surface area contributed by atoms with Crippen LogP contribution in [0.25, 0.3) is 0 Å². The van der Waals surface area contributed by atoms with Crippen LogP contribution in [-0.4, -0.2) is 52.9 Å². The summed E-state index contributed by atoms with van der Waals surface area (Å²) in [6.45, 7) is 2.85. The number of unbranched alkanes of at least 4 members (excludes halogenated alkanes) is 4. The number of aliphatic carboxylic acids is 2. The molecule has 128 valence electrons. The third-order valence-corrected chi connectivity index (χ3v) is 3.72. The summed E-state index contributed by atoms with van der Waals surface area (Å²) < 4.78 is 0.171. The Balaban J connectivity index is 0. The van der Waals surface area contributed by atoms with Crippen molar-refractivity contribution in [3.05, 3.63) is 12.3 Å². The minimum Gasteiger partial charge on any atom is -0.550 e. The summed E-state index contributed by atoms with van der Waals surface area (Å²) in [4.78, 5) is 21.5. The number of allylic oxidation sites excluding steroid dienone is 1.